The lowest BCUT2D eigenvalue weighted by Gasteiger charge is -2.57. The number of para-hydroxylation sites is 2. The quantitative estimate of drug-likeness (QED) is 0.157. The molecular weight excluding hydrogens is 1440 g/mol. The molecular formula is C106H75N3S4. The predicted octanol–water partition coefficient (Wildman–Crippen LogP) is 31.9. The summed E-state index contributed by atoms with van der Waals surface area (Å²) in [6.45, 7) is 9.93. The van der Waals surface area contributed by atoms with Gasteiger partial charge in [0.15, 0.2) is 0 Å². The molecule has 0 spiro atoms. The minimum absolute atomic E-state index is 0.0387. The van der Waals surface area contributed by atoms with Crippen molar-refractivity contribution in [2.45, 2.75) is 82.5 Å². The van der Waals surface area contributed by atoms with Gasteiger partial charge in [-0.05, 0) is 243 Å². The van der Waals surface area contributed by atoms with Crippen LogP contribution in [0.25, 0.3) is 147 Å². The molecule has 4 aromatic heterocycles. The fraction of sp³-hybridized carbons (Fsp3) is 0.151. The highest BCUT2D eigenvalue weighted by Gasteiger charge is 2.54. The van der Waals surface area contributed by atoms with Crippen LogP contribution in [0.5, 0.6) is 0 Å². The Labute approximate surface area is 672 Å². The van der Waals surface area contributed by atoms with Crippen molar-refractivity contribution in [2.24, 2.45) is 17.8 Å². The van der Waals surface area contributed by atoms with Gasteiger partial charge in [-0.25, -0.2) is 0 Å². The van der Waals surface area contributed by atoms with E-state index in [0.29, 0.717) is 17.8 Å². The molecule has 19 aromatic rings. The van der Waals surface area contributed by atoms with Gasteiger partial charge in [0.05, 0.1) is 51.2 Å². The molecule has 6 heterocycles. The average molecular weight is 1520 g/mol. The first kappa shape index (κ1) is 64.1. The first-order valence-corrected chi connectivity index (χ1v) is 43.8. The molecule has 538 valence electrons. The van der Waals surface area contributed by atoms with Crippen molar-refractivity contribution in [3.05, 3.63) is 319 Å². The highest BCUT2D eigenvalue weighted by Crippen LogP contribution is 2.71. The van der Waals surface area contributed by atoms with E-state index >= 15 is 0 Å². The lowest BCUT2D eigenvalue weighted by molar-refractivity contribution is -0.00514. The molecule has 0 radical (unpaired) electrons. The Hall–Kier alpha value is -11.4. The highest BCUT2D eigenvalue weighted by molar-refractivity contribution is 7.27. The van der Waals surface area contributed by atoms with Crippen LogP contribution in [0.4, 0.5) is 51.2 Å². The molecule has 7 heteroatoms. The van der Waals surface area contributed by atoms with Crippen molar-refractivity contribution < 1.29 is 0 Å². The summed E-state index contributed by atoms with van der Waals surface area (Å²) in [6.07, 6.45) is 7.69. The van der Waals surface area contributed by atoms with Crippen LogP contribution < -0.4 is 14.7 Å². The van der Waals surface area contributed by atoms with E-state index in [1.807, 2.05) is 45.3 Å². The van der Waals surface area contributed by atoms with Gasteiger partial charge in [-0.2, -0.15) is 0 Å². The van der Waals surface area contributed by atoms with Gasteiger partial charge in [-0.3, -0.25) is 0 Å². The van der Waals surface area contributed by atoms with Crippen LogP contribution >= 0.6 is 45.3 Å². The van der Waals surface area contributed by atoms with Crippen molar-refractivity contribution in [3.63, 3.8) is 0 Å². The van der Waals surface area contributed by atoms with Crippen LogP contribution in [-0.2, 0) is 16.2 Å². The Morgan fingerprint density at radius 3 is 0.885 bits per heavy atom. The fourth-order valence-electron chi connectivity index (χ4n) is 23.3. The summed E-state index contributed by atoms with van der Waals surface area (Å²) < 4.78 is 10.5. The van der Waals surface area contributed by atoms with E-state index in [1.165, 1.54) is 265 Å². The normalized spacial score (nSPS) is 19.0. The SMILES string of the molecule is CC1(C)c2ccccc2-c2cc3c(cc21)N(c1c(-c2ccc4sc5ccccc5c4c2)cccc1-c1ccc2sc4ccccc4c2c1)c1cc(C24CC5CC(CC(C5)C2)C4)cc2c1N3c1cc3c(cc1N2c1c(-c2ccc4sc5ccccc5c4c2)cccc1-c1ccc2sc4ccccc4c2c1)C(C)(C)c1ccccc1-3. The van der Waals surface area contributed by atoms with Gasteiger partial charge in [-0.15, -0.1) is 45.3 Å². The Kier molecular flexibility index (Phi) is 13.0. The monoisotopic (exact) mass is 1520 g/mol. The van der Waals surface area contributed by atoms with Crippen LogP contribution in [0.1, 0.15) is 94.0 Å². The largest absolute Gasteiger partial charge is 0.305 e. The van der Waals surface area contributed by atoms with E-state index in [0.717, 1.165) is 0 Å². The Bertz CT molecular complexity index is 6760. The lowest BCUT2D eigenvalue weighted by atomic mass is 9.48. The topological polar surface area (TPSA) is 9.72 Å². The summed E-state index contributed by atoms with van der Waals surface area (Å²) in [7, 11) is 0. The second kappa shape index (κ2) is 22.9. The van der Waals surface area contributed by atoms with Gasteiger partial charge < -0.3 is 14.7 Å². The molecule has 27 rings (SSSR count). The second-order valence-corrected chi connectivity index (χ2v) is 39.2. The second-order valence-electron chi connectivity index (χ2n) is 34.8. The van der Waals surface area contributed by atoms with E-state index < -0.39 is 0 Å². The molecule has 3 nitrogen and oxygen atoms in total. The maximum Gasteiger partial charge on any atom is 0.0948 e. The summed E-state index contributed by atoms with van der Waals surface area (Å²) in [6, 6.07) is 115. The van der Waals surface area contributed by atoms with E-state index in [-0.39, 0.29) is 16.2 Å². The summed E-state index contributed by atoms with van der Waals surface area (Å²) in [5.74, 6) is 2.11. The third kappa shape index (κ3) is 8.89. The average Bonchev–Trinajstić information content (AvgIpc) is 1.40. The Morgan fingerprint density at radius 2 is 0.531 bits per heavy atom. The first-order valence-electron chi connectivity index (χ1n) is 40.5. The molecule has 6 aliphatic carbocycles. The summed E-state index contributed by atoms with van der Waals surface area (Å²) in [4.78, 5) is 8.56. The molecule has 15 aromatic carbocycles. The van der Waals surface area contributed by atoms with Gasteiger partial charge in [-0.1, -0.05) is 210 Å². The van der Waals surface area contributed by atoms with Crippen molar-refractivity contribution in [1.29, 1.82) is 0 Å². The Balaban J connectivity index is 0.844. The van der Waals surface area contributed by atoms with Crippen molar-refractivity contribution in [1.82, 2.24) is 0 Å². The van der Waals surface area contributed by atoms with Crippen LogP contribution in [0.2, 0.25) is 0 Å². The maximum absolute atomic E-state index is 2.87. The third-order valence-electron chi connectivity index (χ3n) is 28.0. The van der Waals surface area contributed by atoms with Crippen molar-refractivity contribution >= 4 is 177 Å². The zero-order valence-corrected chi connectivity index (χ0v) is 66.4. The molecule has 0 saturated heterocycles. The number of hydrogen-bond acceptors (Lipinski definition) is 7. The molecule has 2 aliphatic heterocycles. The molecule has 0 atom stereocenters. The van der Waals surface area contributed by atoms with Gasteiger partial charge >= 0.3 is 0 Å². The van der Waals surface area contributed by atoms with Gasteiger partial charge in [0.2, 0.25) is 0 Å². The van der Waals surface area contributed by atoms with Gasteiger partial charge in [0.1, 0.15) is 0 Å². The number of anilines is 9. The molecule has 4 saturated carbocycles. The first-order chi connectivity index (χ1) is 55.4. The van der Waals surface area contributed by atoms with Crippen LogP contribution in [-0.4, -0.2) is 0 Å². The van der Waals surface area contributed by atoms with Crippen LogP contribution in [0, 0.1) is 17.8 Å². The summed E-state index contributed by atoms with van der Waals surface area (Å²) in [5.41, 5.74) is 31.9. The highest BCUT2D eigenvalue weighted by atomic mass is 32.1. The smallest absolute Gasteiger partial charge is 0.0948 e. The fourth-order valence-corrected chi connectivity index (χ4v) is 27.6. The van der Waals surface area contributed by atoms with Gasteiger partial charge in [0, 0.05) is 114 Å². The number of rotatable bonds is 7. The van der Waals surface area contributed by atoms with E-state index in [9.17, 15) is 0 Å². The van der Waals surface area contributed by atoms with Crippen LogP contribution in [0.15, 0.2) is 291 Å². The molecule has 0 unspecified atom stereocenters. The molecule has 113 heavy (non-hydrogen) atoms. The Morgan fingerprint density at radius 1 is 0.239 bits per heavy atom. The van der Waals surface area contributed by atoms with Crippen LogP contribution in [0.3, 0.4) is 0 Å². The van der Waals surface area contributed by atoms with Gasteiger partial charge in [0.25, 0.3) is 0 Å². The molecule has 0 N–H and O–H groups in total. The lowest BCUT2D eigenvalue weighted by Crippen LogP contribution is -2.48. The number of fused-ring (bicyclic) bond motifs is 22. The summed E-state index contributed by atoms with van der Waals surface area (Å²) >= 11 is 7.61. The number of thiophene rings is 4. The molecule has 8 aliphatic rings. The number of benzene rings is 15. The third-order valence-corrected chi connectivity index (χ3v) is 32.6. The number of nitrogens with zero attached hydrogens (tertiary/aromatic N) is 3. The standard InChI is InChI=1S/C106H75N3S4/c1-104(2)83-29-11-5-19-71(83)77-52-87-89(54-85(77)104)108(101-67(62-35-39-97-79(46-62)73-21-7-13-31-93(73)110-97)25-17-26-68(101)63-36-40-98-80(47-63)74-22-8-14-32-94(74)111-98)91-50-66(106-56-59-43-60(57-106)45-61(44-59)58-106)51-92-103(91)107(87)88-53-78-72-20-6-12-30-84(72)105(3,4)86(78)55-90(88)109(92)102-69(64-37-41-99-81(48-64)75-23-9-15-33-95(75)112-99)27-18-28-70(102)65-38-42-100-82(49-65)76-24-10-16-34-96(76)113-100/h5-42,46-55,59-61H,43-45,56-58H2,1-4H3. The molecule has 4 bridgehead atoms. The minimum Gasteiger partial charge on any atom is -0.305 e. The zero-order valence-electron chi connectivity index (χ0n) is 63.2. The van der Waals surface area contributed by atoms with Crippen molar-refractivity contribution in [2.75, 3.05) is 14.7 Å². The predicted molar refractivity (Wildman–Crippen MR) is 486 cm³/mol. The summed E-state index contributed by atoms with van der Waals surface area (Å²) in [5, 5.41) is 10.4. The molecule has 0 amide bonds. The van der Waals surface area contributed by atoms with E-state index in [2.05, 4.69) is 334 Å². The molecule has 4 fully saturated rings. The zero-order chi connectivity index (χ0) is 74.2. The number of hydrogen-bond donors (Lipinski definition) is 0. The minimum atomic E-state index is -0.318. The van der Waals surface area contributed by atoms with E-state index in [1.54, 1.807) is 0 Å². The van der Waals surface area contributed by atoms with Crippen molar-refractivity contribution in [3.8, 4) is 66.8 Å². The van der Waals surface area contributed by atoms with E-state index in [4.69, 9.17) is 0 Å². The maximum atomic E-state index is 2.87.